The molecule has 3 N–H and O–H groups in total. The molecule has 0 fully saturated rings. The average molecular weight is 191 g/mol. The van der Waals surface area contributed by atoms with Crippen molar-refractivity contribution in [1.29, 1.82) is 0 Å². The Morgan fingerprint density at radius 1 is 1.46 bits per heavy atom. The Kier molecular flexibility index (Phi) is 5.61. The minimum Gasteiger partial charge on any atom is -0.480 e. The van der Waals surface area contributed by atoms with Gasteiger partial charge in [0.15, 0.2) is 0 Å². The molecule has 0 rings (SSSR count). The molecule has 0 aromatic carbocycles. The number of aliphatic carboxylic acids is 1. The minimum atomic E-state index is -1.31. The fraction of sp³-hybridized carbons (Fsp3) is 0.875. The Balaban J connectivity index is 3.46. The molecule has 0 aliphatic rings. The van der Waals surface area contributed by atoms with Crippen LogP contribution in [0.2, 0.25) is 0 Å². The molecule has 5 nitrogen and oxygen atoms in total. The van der Waals surface area contributed by atoms with Crippen LogP contribution in [0.1, 0.15) is 13.8 Å². The summed E-state index contributed by atoms with van der Waals surface area (Å²) < 4.78 is 10.0. The quantitative estimate of drug-likeness (QED) is 0.546. The van der Waals surface area contributed by atoms with E-state index in [-0.39, 0.29) is 6.61 Å². The summed E-state index contributed by atoms with van der Waals surface area (Å²) in [4.78, 5) is 10.5. The highest BCUT2D eigenvalue weighted by Crippen LogP contribution is 1.99. The molecule has 0 aliphatic carbocycles. The van der Waals surface area contributed by atoms with Crippen molar-refractivity contribution in [3.63, 3.8) is 0 Å². The first-order chi connectivity index (χ1) is 6.00. The van der Waals surface area contributed by atoms with E-state index in [2.05, 4.69) is 0 Å². The lowest BCUT2D eigenvalue weighted by atomic mass is 10.1. The molecule has 78 valence electrons. The van der Waals surface area contributed by atoms with E-state index in [0.717, 1.165) is 0 Å². The molecule has 1 atom stereocenters. The third kappa shape index (κ3) is 5.57. The molecule has 0 aliphatic heterocycles. The van der Waals surface area contributed by atoms with Gasteiger partial charge in [-0.2, -0.15) is 0 Å². The number of rotatable bonds is 7. The van der Waals surface area contributed by atoms with Gasteiger partial charge in [0.2, 0.25) is 0 Å². The molecular weight excluding hydrogens is 174 g/mol. The lowest BCUT2D eigenvalue weighted by Gasteiger charge is -2.18. The fourth-order valence-corrected chi connectivity index (χ4v) is 0.608. The summed E-state index contributed by atoms with van der Waals surface area (Å²) in [5, 5.41) is 8.61. The van der Waals surface area contributed by atoms with Crippen LogP contribution in [0.3, 0.4) is 0 Å². The number of carboxylic acid groups (broad SMARTS) is 1. The summed E-state index contributed by atoms with van der Waals surface area (Å²) in [6, 6.07) is 0. The van der Waals surface area contributed by atoms with Crippen LogP contribution in [0.15, 0.2) is 0 Å². The van der Waals surface area contributed by atoms with Crippen molar-refractivity contribution in [2.45, 2.75) is 19.4 Å². The molecule has 0 bridgehead atoms. The first-order valence-corrected chi connectivity index (χ1v) is 4.18. The number of ether oxygens (including phenoxy) is 2. The zero-order chi connectivity index (χ0) is 10.3. The first kappa shape index (κ1) is 12.3. The van der Waals surface area contributed by atoms with Crippen molar-refractivity contribution in [3.05, 3.63) is 0 Å². The Morgan fingerprint density at radius 3 is 2.46 bits per heavy atom. The van der Waals surface area contributed by atoms with Crippen LogP contribution in [0, 0.1) is 0 Å². The maximum Gasteiger partial charge on any atom is 0.325 e. The maximum atomic E-state index is 10.5. The molecule has 0 saturated carbocycles. The molecule has 0 heterocycles. The zero-order valence-electron chi connectivity index (χ0n) is 8.08. The lowest BCUT2D eigenvalue weighted by molar-refractivity contribution is -0.145. The van der Waals surface area contributed by atoms with Crippen LogP contribution in [0.25, 0.3) is 0 Å². The highest BCUT2D eigenvalue weighted by Gasteiger charge is 2.27. The summed E-state index contributed by atoms with van der Waals surface area (Å²) >= 11 is 0. The number of nitrogens with two attached hydrogens (primary N) is 1. The molecule has 0 radical (unpaired) electrons. The summed E-state index contributed by atoms with van der Waals surface area (Å²) in [7, 11) is 0. The van der Waals surface area contributed by atoms with Crippen LogP contribution >= 0.6 is 0 Å². The molecule has 0 spiro atoms. The second-order valence-corrected chi connectivity index (χ2v) is 2.97. The highest BCUT2D eigenvalue weighted by molar-refractivity contribution is 5.77. The topological polar surface area (TPSA) is 81.8 Å². The van der Waals surface area contributed by atoms with E-state index in [9.17, 15) is 4.79 Å². The van der Waals surface area contributed by atoms with Gasteiger partial charge >= 0.3 is 5.97 Å². The van der Waals surface area contributed by atoms with E-state index in [1.807, 2.05) is 6.92 Å². The molecular formula is C8H17NO4. The van der Waals surface area contributed by atoms with Crippen molar-refractivity contribution in [3.8, 4) is 0 Å². The second-order valence-electron chi connectivity index (χ2n) is 2.97. The van der Waals surface area contributed by atoms with E-state index >= 15 is 0 Å². The van der Waals surface area contributed by atoms with Gasteiger partial charge in [-0.05, 0) is 13.8 Å². The van der Waals surface area contributed by atoms with Gasteiger partial charge in [-0.25, -0.2) is 0 Å². The summed E-state index contributed by atoms with van der Waals surface area (Å²) in [6.07, 6.45) is 0. The van der Waals surface area contributed by atoms with Gasteiger partial charge in [0.05, 0.1) is 19.8 Å². The average Bonchev–Trinajstić information content (AvgIpc) is 2.03. The van der Waals surface area contributed by atoms with Gasteiger partial charge in [-0.1, -0.05) is 0 Å². The van der Waals surface area contributed by atoms with Gasteiger partial charge in [0.25, 0.3) is 0 Å². The van der Waals surface area contributed by atoms with E-state index in [0.29, 0.717) is 19.8 Å². The van der Waals surface area contributed by atoms with Crippen molar-refractivity contribution in [2.24, 2.45) is 5.73 Å². The third-order valence-corrected chi connectivity index (χ3v) is 1.47. The molecule has 0 aromatic rings. The van der Waals surface area contributed by atoms with Crippen LogP contribution in [0.4, 0.5) is 0 Å². The largest absolute Gasteiger partial charge is 0.480 e. The smallest absolute Gasteiger partial charge is 0.325 e. The van der Waals surface area contributed by atoms with Crippen molar-refractivity contribution >= 4 is 5.97 Å². The Bertz CT molecular complexity index is 158. The maximum absolute atomic E-state index is 10.5. The van der Waals surface area contributed by atoms with Gasteiger partial charge in [-0.15, -0.1) is 0 Å². The molecule has 0 saturated heterocycles. The second kappa shape index (κ2) is 5.90. The molecule has 0 amide bonds. The van der Waals surface area contributed by atoms with Crippen LogP contribution in [-0.4, -0.2) is 43.0 Å². The highest BCUT2D eigenvalue weighted by atomic mass is 16.5. The van der Waals surface area contributed by atoms with Crippen LogP contribution in [0.5, 0.6) is 0 Å². The monoisotopic (exact) mass is 191 g/mol. The van der Waals surface area contributed by atoms with E-state index < -0.39 is 11.5 Å². The Hall–Kier alpha value is -0.650. The van der Waals surface area contributed by atoms with Crippen molar-refractivity contribution in [1.82, 2.24) is 0 Å². The molecule has 1 unspecified atom stereocenters. The Morgan fingerprint density at radius 2 is 2.00 bits per heavy atom. The van der Waals surface area contributed by atoms with Crippen molar-refractivity contribution in [2.75, 3.05) is 26.4 Å². The molecule has 13 heavy (non-hydrogen) atoms. The minimum absolute atomic E-state index is 0.00456. The van der Waals surface area contributed by atoms with Gasteiger partial charge in [0.1, 0.15) is 5.54 Å². The number of hydrogen-bond acceptors (Lipinski definition) is 4. The normalized spacial score (nSPS) is 15.3. The van der Waals surface area contributed by atoms with Gasteiger partial charge in [-0.3, -0.25) is 4.79 Å². The van der Waals surface area contributed by atoms with E-state index in [1.54, 1.807) is 0 Å². The Labute approximate surface area is 77.8 Å². The fourth-order valence-electron chi connectivity index (χ4n) is 0.608. The van der Waals surface area contributed by atoms with Gasteiger partial charge < -0.3 is 20.3 Å². The summed E-state index contributed by atoms with van der Waals surface area (Å²) in [5.74, 6) is -1.07. The number of hydrogen-bond donors (Lipinski definition) is 2. The van der Waals surface area contributed by atoms with Crippen LogP contribution < -0.4 is 5.73 Å². The lowest BCUT2D eigenvalue weighted by Crippen LogP contribution is -2.49. The van der Waals surface area contributed by atoms with Crippen LogP contribution in [-0.2, 0) is 14.3 Å². The summed E-state index contributed by atoms with van der Waals surface area (Å²) in [6.45, 7) is 4.75. The van der Waals surface area contributed by atoms with Gasteiger partial charge in [0, 0.05) is 6.61 Å². The predicted molar refractivity (Wildman–Crippen MR) is 47.5 cm³/mol. The number of carboxylic acids is 1. The number of carbonyl (C=O) groups is 1. The summed E-state index contributed by atoms with van der Waals surface area (Å²) in [5.41, 5.74) is 4.10. The van der Waals surface area contributed by atoms with Crippen molar-refractivity contribution < 1.29 is 19.4 Å². The first-order valence-electron chi connectivity index (χ1n) is 4.18. The molecule has 5 heteroatoms. The standard InChI is InChI=1S/C8H17NO4/c1-3-12-4-5-13-6-8(2,9)7(10)11/h3-6,9H2,1-2H3,(H,10,11). The predicted octanol–water partition coefficient (Wildman–Crippen LogP) is -0.158. The van der Waals surface area contributed by atoms with E-state index in [1.165, 1.54) is 6.92 Å². The SMILES string of the molecule is CCOCCOCC(C)(N)C(=O)O. The zero-order valence-corrected chi connectivity index (χ0v) is 8.08. The third-order valence-electron chi connectivity index (χ3n) is 1.47. The molecule has 0 aromatic heterocycles. The van der Waals surface area contributed by atoms with E-state index in [4.69, 9.17) is 20.3 Å².